The third-order valence-corrected chi connectivity index (χ3v) is 8.64. The molecule has 2 aliphatic heterocycles. The maximum atomic E-state index is 14.1. The first-order valence-electron chi connectivity index (χ1n) is 13.8. The summed E-state index contributed by atoms with van der Waals surface area (Å²) in [4.78, 5) is 23.4. The van der Waals surface area contributed by atoms with Crippen LogP contribution in [0.25, 0.3) is 22.0 Å². The van der Waals surface area contributed by atoms with Gasteiger partial charge in [0.15, 0.2) is 0 Å². The second-order valence-corrected chi connectivity index (χ2v) is 11.4. The number of fused-ring (bicyclic) bond motifs is 1. The number of alkyl halides is 3. The Morgan fingerprint density at radius 3 is 2.50 bits per heavy atom. The first-order chi connectivity index (χ1) is 19.3. The zero-order valence-corrected chi connectivity index (χ0v) is 22.9. The molecule has 0 spiro atoms. The van der Waals surface area contributed by atoms with Gasteiger partial charge in [-0.25, -0.2) is 4.98 Å². The second kappa shape index (κ2) is 11.2. The van der Waals surface area contributed by atoms with Crippen molar-refractivity contribution in [1.29, 1.82) is 0 Å². The number of carbonyl (C=O) groups is 1. The number of hydrogen-bond donors (Lipinski definition) is 1. The van der Waals surface area contributed by atoms with Crippen molar-refractivity contribution < 1.29 is 18.0 Å². The Kier molecular flexibility index (Phi) is 7.51. The van der Waals surface area contributed by atoms with E-state index in [1.54, 1.807) is 17.4 Å². The summed E-state index contributed by atoms with van der Waals surface area (Å²) in [6.07, 6.45) is 0.0616. The van der Waals surface area contributed by atoms with Gasteiger partial charge in [0, 0.05) is 31.1 Å². The van der Waals surface area contributed by atoms with Crippen molar-refractivity contribution in [2.75, 3.05) is 31.5 Å². The number of nitrogens with zero attached hydrogens (tertiary/aromatic N) is 3. The van der Waals surface area contributed by atoms with Crippen LogP contribution < -0.4 is 5.32 Å². The van der Waals surface area contributed by atoms with Gasteiger partial charge in [0.2, 0.25) is 0 Å². The average molecular weight is 565 g/mol. The molecule has 2 saturated heterocycles. The summed E-state index contributed by atoms with van der Waals surface area (Å²) in [6.45, 7) is 4.13. The largest absolute Gasteiger partial charge is 0.416 e. The van der Waals surface area contributed by atoms with Crippen molar-refractivity contribution in [3.05, 3.63) is 82.0 Å². The van der Waals surface area contributed by atoms with E-state index in [1.807, 2.05) is 28.5 Å². The monoisotopic (exact) mass is 564 g/mol. The lowest BCUT2D eigenvalue weighted by Crippen LogP contribution is -2.42. The number of benzene rings is 2. The third-order valence-electron chi connectivity index (χ3n) is 7.95. The van der Waals surface area contributed by atoms with Gasteiger partial charge >= 0.3 is 6.18 Å². The number of pyridine rings is 1. The normalized spacial score (nSPS) is 18.1. The molecule has 2 aliphatic rings. The standard InChI is InChI=1S/C31H31F3N4OS/c32-31(33,34)24-8-5-21(6-9-24)18-35-29-17-27(26-16-22(7-10-28(26)36-29)23-11-15-40-20-23)30(39)38-14-3-4-25(38)19-37-12-1-2-13-37/h5-11,15-17,20,25H,1-4,12-14,18-19H2,(H,35,36)/t25-/m0/s1. The van der Waals surface area contributed by atoms with Crippen LogP contribution in [0.1, 0.15) is 47.2 Å². The van der Waals surface area contributed by atoms with E-state index in [2.05, 4.69) is 21.7 Å². The molecule has 1 amide bonds. The number of amides is 1. The fourth-order valence-electron chi connectivity index (χ4n) is 5.82. The number of carbonyl (C=O) groups excluding carboxylic acids is 1. The molecule has 0 bridgehead atoms. The van der Waals surface area contributed by atoms with Gasteiger partial charge < -0.3 is 15.1 Å². The van der Waals surface area contributed by atoms with Gasteiger partial charge in [-0.15, -0.1) is 0 Å². The number of halogens is 3. The van der Waals surface area contributed by atoms with E-state index in [-0.39, 0.29) is 11.9 Å². The Labute approximate surface area is 235 Å². The zero-order valence-electron chi connectivity index (χ0n) is 22.1. The van der Waals surface area contributed by atoms with E-state index in [4.69, 9.17) is 4.98 Å². The number of likely N-dealkylation sites (tertiary alicyclic amines) is 2. The molecular formula is C31H31F3N4OS. The minimum atomic E-state index is -4.37. The zero-order chi connectivity index (χ0) is 27.7. The Balaban J connectivity index is 1.31. The van der Waals surface area contributed by atoms with Crippen molar-refractivity contribution in [2.24, 2.45) is 0 Å². The number of hydrogen-bond acceptors (Lipinski definition) is 5. The van der Waals surface area contributed by atoms with Gasteiger partial charge in [0.05, 0.1) is 16.6 Å². The molecule has 9 heteroatoms. The maximum absolute atomic E-state index is 14.1. The summed E-state index contributed by atoms with van der Waals surface area (Å²) >= 11 is 1.63. The van der Waals surface area contributed by atoms with Crippen molar-refractivity contribution in [2.45, 2.75) is 44.4 Å². The van der Waals surface area contributed by atoms with Gasteiger partial charge in [-0.05, 0) is 103 Å². The highest BCUT2D eigenvalue weighted by atomic mass is 32.1. The Morgan fingerprint density at radius 2 is 1.77 bits per heavy atom. The van der Waals surface area contributed by atoms with Gasteiger partial charge in [0.1, 0.15) is 5.82 Å². The number of rotatable bonds is 7. The Hall–Kier alpha value is -3.43. The van der Waals surface area contributed by atoms with E-state index in [9.17, 15) is 18.0 Å². The van der Waals surface area contributed by atoms with Crippen LogP contribution in [0.2, 0.25) is 0 Å². The summed E-state index contributed by atoms with van der Waals surface area (Å²) in [5.74, 6) is 0.531. The Morgan fingerprint density at radius 1 is 0.975 bits per heavy atom. The molecule has 0 radical (unpaired) electrons. The highest BCUT2D eigenvalue weighted by molar-refractivity contribution is 7.08. The van der Waals surface area contributed by atoms with Crippen LogP contribution in [0, 0.1) is 0 Å². The number of anilines is 1. The highest BCUT2D eigenvalue weighted by Gasteiger charge is 2.33. The van der Waals surface area contributed by atoms with Crippen LogP contribution in [0.15, 0.2) is 65.4 Å². The number of thiophene rings is 1. The molecule has 2 aromatic carbocycles. The van der Waals surface area contributed by atoms with E-state index < -0.39 is 11.7 Å². The van der Waals surface area contributed by atoms with E-state index in [0.29, 0.717) is 29.0 Å². The minimum absolute atomic E-state index is 0.00847. The molecule has 2 fully saturated rings. The SMILES string of the molecule is O=C(c1cc(NCc2ccc(C(F)(F)F)cc2)nc2ccc(-c3ccsc3)cc12)N1CCC[C@H]1CN1CCCC1. The number of aromatic nitrogens is 1. The van der Waals surface area contributed by atoms with Crippen LogP contribution in [-0.2, 0) is 12.7 Å². The van der Waals surface area contributed by atoms with Crippen molar-refractivity contribution in [3.63, 3.8) is 0 Å². The van der Waals surface area contributed by atoms with Crippen molar-refractivity contribution >= 4 is 34.0 Å². The molecule has 6 rings (SSSR count). The molecule has 0 aliphatic carbocycles. The smallest absolute Gasteiger partial charge is 0.366 e. The fourth-order valence-corrected chi connectivity index (χ4v) is 6.48. The van der Waals surface area contributed by atoms with Gasteiger partial charge in [-0.3, -0.25) is 4.79 Å². The molecule has 0 saturated carbocycles. The molecule has 1 atom stereocenters. The quantitative estimate of drug-likeness (QED) is 0.256. The maximum Gasteiger partial charge on any atom is 0.416 e. The molecule has 4 heterocycles. The van der Waals surface area contributed by atoms with E-state index in [1.165, 1.54) is 25.0 Å². The summed E-state index contributed by atoms with van der Waals surface area (Å²) in [7, 11) is 0. The predicted molar refractivity (Wildman–Crippen MR) is 154 cm³/mol. The summed E-state index contributed by atoms with van der Waals surface area (Å²) < 4.78 is 38.9. The predicted octanol–water partition coefficient (Wildman–Crippen LogP) is 7.29. The molecule has 5 nitrogen and oxygen atoms in total. The second-order valence-electron chi connectivity index (χ2n) is 10.6. The van der Waals surface area contributed by atoms with Crippen molar-refractivity contribution in [1.82, 2.24) is 14.8 Å². The van der Waals surface area contributed by atoms with Crippen LogP contribution in [0.3, 0.4) is 0 Å². The lowest BCUT2D eigenvalue weighted by Gasteiger charge is -2.29. The molecule has 4 aromatic rings. The highest BCUT2D eigenvalue weighted by Crippen LogP contribution is 2.32. The van der Waals surface area contributed by atoms with E-state index >= 15 is 0 Å². The summed E-state index contributed by atoms with van der Waals surface area (Å²) in [6, 6.07) is 15.1. The summed E-state index contributed by atoms with van der Waals surface area (Å²) in [5.41, 5.74) is 3.46. The molecular weight excluding hydrogens is 533 g/mol. The lowest BCUT2D eigenvalue weighted by molar-refractivity contribution is -0.137. The van der Waals surface area contributed by atoms with Crippen LogP contribution >= 0.6 is 11.3 Å². The Bertz CT molecular complexity index is 1480. The minimum Gasteiger partial charge on any atom is -0.366 e. The fraction of sp³-hybridized carbons (Fsp3) is 0.355. The molecule has 0 unspecified atom stereocenters. The van der Waals surface area contributed by atoms with E-state index in [0.717, 1.165) is 67.7 Å². The third kappa shape index (κ3) is 5.71. The van der Waals surface area contributed by atoms with Gasteiger partial charge in [-0.1, -0.05) is 18.2 Å². The summed E-state index contributed by atoms with van der Waals surface area (Å²) in [5, 5.41) is 8.16. The van der Waals surface area contributed by atoms with Crippen LogP contribution in [-0.4, -0.2) is 52.9 Å². The first kappa shape index (κ1) is 26.8. The molecule has 40 heavy (non-hydrogen) atoms. The molecule has 208 valence electrons. The average Bonchev–Trinajstić information content (AvgIpc) is 3.75. The van der Waals surface area contributed by atoms with Gasteiger partial charge in [-0.2, -0.15) is 24.5 Å². The number of nitrogens with one attached hydrogen (secondary N) is 1. The lowest BCUT2D eigenvalue weighted by atomic mass is 10.0. The van der Waals surface area contributed by atoms with Crippen LogP contribution in [0.5, 0.6) is 0 Å². The molecule has 1 N–H and O–H groups in total. The van der Waals surface area contributed by atoms with Gasteiger partial charge in [0.25, 0.3) is 5.91 Å². The van der Waals surface area contributed by atoms with Crippen LogP contribution in [0.4, 0.5) is 19.0 Å². The molecule has 2 aromatic heterocycles. The topological polar surface area (TPSA) is 48.5 Å². The first-order valence-corrected chi connectivity index (χ1v) is 14.7. The van der Waals surface area contributed by atoms with Crippen molar-refractivity contribution in [3.8, 4) is 11.1 Å².